The van der Waals surface area contributed by atoms with E-state index in [1.807, 2.05) is 0 Å². The van der Waals surface area contributed by atoms with Crippen LogP contribution in [0.15, 0.2) is 55.1 Å². The Morgan fingerprint density at radius 2 is 1.81 bits per heavy atom. The van der Waals surface area contributed by atoms with Gasteiger partial charge in [-0.05, 0) is 85.8 Å². The van der Waals surface area contributed by atoms with Gasteiger partial charge in [-0.3, -0.25) is 4.79 Å². The van der Waals surface area contributed by atoms with Crippen LogP contribution >= 0.6 is 0 Å². The van der Waals surface area contributed by atoms with Crippen molar-refractivity contribution in [2.45, 2.75) is 83.2 Å². The fourth-order valence-electron chi connectivity index (χ4n) is 4.98. The lowest BCUT2D eigenvalue weighted by Gasteiger charge is -2.29. The quantitative estimate of drug-likeness (QED) is 0.223. The summed E-state index contributed by atoms with van der Waals surface area (Å²) in [5.74, 6) is 0.0859. The summed E-state index contributed by atoms with van der Waals surface area (Å²) in [5, 5.41) is 2.62. The van der Waals surface area contributed by atoms with Crippen molar-refractivity contribution in [1.82, 2.24) is 5.32 Å². The number of carbonyl (C=O) groups is 1. The molecule has 2 aromatic carbocycles. The first kappa shape index (κ1) is 27.8. The van der Waals surface area contributed by atoms with E-state index in [1.165, 1.54) is 68.9 Å². The van der Waals surface area contributed by atoms with Gasteiger partial charge in [0.25, 0.3) is 0 Å². The smallest absolute Gasteiger partial charge is 0.426 e. The number of benzene rings is 2. The molecule has 1 saturated carbocycles. The molecule has 196 valence electrons. The normalized spacial score (nSPS) is 18.0. The fourth-order valence-corrected chi connectivity index (χ4v) is 4.98. The van der Waals surface area contributed by atoms with E-state index in [9.17, 15) is 18.0 Å². The van der Waals surface area contributed by atoms with Crippen LogP contribution in [0.5, 0.6) is 5.75 Å². The van der Waals surface area contributed by atoms with Crippen LogP contribution in [0.1, 0.15) is 87.3 Å². The lowest BCUT2D eigenvalue weighted by atomic mass is 9.77. The molecule has 0 spiro atoms. The van der Waals surface area contributed by atoms with Crippen molar-refractivity contribution in [2.24, 2.45) is 5.92 Å². The van der Waals surface area contributed by atoms with Gasteiger partial charge in [0.2, 0.25) is 5.91 Å². The highest BCUT2D eigenvalue weighted by Crippen LogP contribution is 2.39. The van der Waals surface area contributed by atoms with E-state index in [0.29, 0.717) is 30.9 Å². The predicted molar refractivity (Wildman–Crippen MR) is 138 cm³/mol. The Labute approximate surface area is 213 Å². The molecule has 0 unspecified atom stereocenters. The Hall–Kier alpha value is -2.76. The molecule has 3 nitrogen and oxygen atoms in total. The van der Waals surface area contributed by atoms with Gasteiger partial charge < -0.3 is 10.1 Å². The summed E-state index contributed by atoms with van der Waals surface area (Å²) >= 11 is 0. The maximum absolute atomic E-state index is 14.8. The van der Waals surface area contributed by atoms with Crippen LogP contribution in [0.4, 0.5) is 13.2 Å². The van der Waals surface area contributed by atoms with E-state index in [-0.39, 0.29) is 17.2 Å². The average Bonchev–Trinajstić information content (AvgIpc) is 2.88. The van der Waals surface area contributed by atoms with Gasteiger partial charge in [-0.25, -0.2) is 4.39 Å². The van der Waals surface area contributed by atoms with E-state index in [0.717, 1.165) is 30.4 Å². The highest BCUT2D eigenvalue weighted by Gasteiger charge is 2.35. The number of alkyl halides is 2. The minimum Gasteiger partial charge on any atom is -0.429 e. The standard InChI is InChI=1S/C30H38F3NO2/c1-3-5-6-8-22-10-12-23(13-11-22)24-14-17-26(18-15-24)30(32,33)36-27-19-16-25(28(31)21-27)9-7-20-34-29(35)4-2/h4,14-19,21-23H,2-3,5-13,20H2,1H3,(H,34,35). The second-order valence-corrected chi connectivity index (χ2v) is 9.81. The summed E-state index contributed by atoms with van der Waals surface area (Å²) in [6.07, 6.45) is 8.25. The molecule has 0 heterocycles. The van der Waals surface area contributed by atoms with Crippen LogP contribution in [0, 0.1) is 11.7 Å². The SMILES string of the molecule is C=CC(=O)NCCCc1ccc(OC(F)(F)c2ccc(C3CCC(CCCCC)CC3)cc2)cc1F. The third kappa shape index (κ3) is 8.14. The van der Waals surface area contributed by atoms with Gasteiger partial charge in [0.15, 0.2) is 0 Å². The van der Waals surface area contributed by atoms with E-state index in [1.54, 1.807) is 12.1 Å². The molecule has 3 rings (SSSR count). The first-order valence-electron chi connectivity index (χ1n) is 13.2. The molecule has 6 heteroatoms. The van der Waals surface area contributed by atoms with Crippen molar-refractivity contribution in [3.63, 3.8) is 0 Å². The zero-order valence-corrected chi connectivity index (χ0v) is 21.2. The number of hydrogen-bond donors (Lipinski definition) is 1. The molecule has 0 atom stereocenters. The van der Waals surface area contributed by atoms with Gasteiger partial charge in [-0.15, -0.1) is 0 Å². The Bertz CT molecular complexity index is 982. The number of unbranched alkanes of at least 4 members (excludes halogenated alkanes) is 2. The van der Waals surface area contributed by atoms with E-state index >= 15 is 0 Å². The molecule has 1 amide bonds. The topological polar surface area (TPSA) is 38.3 Å². The van der Waals surface area contributed by atoms with Crippen molar-refractivity contribution in [1.29, 1.82) is 0 Å². The molecule has 1 N–H and O–H groups in total. The van der Waals surface area contributed by atoms with Crippen LogP contribution < -0.4 is 10.1 Å². The lowest BCUT2D eigenvalue weighted by Crippen LogP contribution is -2.22. The predicted octanol–water partition coefficient (Wildman–Crippen LogP) is 8.04. The Kier molecular flexibility index (Phi) is 10.4. The van der Waals surface area contributed by atoms with Crippen molar-refractivity contribution in [3.8, 4) is 5.75 Å². The summed E-state index contributed by atoms with van der Waals surface area (Å²) in [6, 6.07) is 10.2. The van der Waals surface area contributed by atoms with Crippen LogP contribution in [0.2, 0.25) is 0 Å². The van der Waals surface area contributed by atoms with Crippen molar-refractivity contribution >= 4 is 5.91 Å². The molecule has 1 aliphatic rings. The molecule has 0 saturated heterocycles. The summed E-state index contributed by atoms with van der Waals surface area (Å²) in [4.78, 5) is 11.1. The number of aryl methyl sites for hydroxylation is 1. The number of amides is 1. The summed E-state index contributed by atoms with van der Waals surface area (Å²) in [5.41, 5.74) is 1.23. The Morgan fingerprint density at radius 1 is 1.08 bits per heavy atom. The zero-order valence-electron chi connectivity index (χ0n) is 21.2. The Morgan fingerprint density at radius 3 is 2.44 bits per heavy atom. The van der Waals surface area contributed by atoms with Crippen LogP contribution in [-0.2, 0) is 17.3 Å². The average molecular weight is 502 g/mol. The molecule has 0 aromatic heterocycles. The number of rotatable bonds is 13. The summed E-state index contributed by atoms with van der Waals surface area (Å²) in [6.45, 7) is 5.96. The third-order valence-electron chi connectivity index (χ3n) is 7.16. The van der Waals surface area contributed by atoms with Gasteiger partial charge in [0, 0.05) is 12.6 Å². The first-order chi connectivity index (χ1) is 17.3. The minimum absolute atomic E-state index is 0.230. The largest absolute Gasteiger partial charge is 0.429 e. The Balaban J connectivity index is 1.52. The monoisotopic (exact) mass is 501 g/mol. The summed E-state index contributed by atoms with van der Waals surface area (Å²) < 4.78 is 48.9. The van der Waals surface area contributed by atoms with Crippen molar-refractivity contribution < 1.29 is 22.7 Å². The van der Waals surface area contributed by atoms with Crippen LogP contribution in [0.3, 0.4) is 0 Å². The molecular formula is C30H38F3NO2. The number of nitrogens with one attached hydrogen (secondary N) is 1. The maximum Gasteiger partial charge on any atom is 0.426 e. The van der Waals surface area contributed by atoms with Gasteiger partial charge >= 0.3 is 6.11 Å². The van der Waals surface area contributed by atoms with Gasteiger partial charge in [0.1, 0.15) is 11.6 Å². The maximum atomic E-state index is 14.8. The molecule has 0 bridgehead atoms. The zero-order chi connectivity index (χ0) is 26.0. The molecule has 1 fully saturated rings. The highest BCUT2D eigenvalue weighted by atomic mass is 19.3. The van der Waals surface area contributed by atoms with Gasteiger partial charge in [-0.1, -0.05) is 57.4 Å². The van der Waals surface area contributed by atoms with Crippen molar-refractivity contribution in [2.75, 3.05) is 6.54 Å². The van der Waals surface area contributed by atoms with Gasteiger partial charge in [0.05, 0.1) is 5.56 Å². The highest BCUT2D eigenvalue weighted by molar-refractivity contribution is 5.86. The second kappa shape index (κ2) is 13.5. The second-order valence-electron chi connectivity index (χ2n) is 9.81. The van der Waals surface area contributed by atoms with Crippen molar-refractivity contribution in [3.05, 3.63) is 77.6 Å². The summed E-state index contributed by atoms with van der Waals surface area (Å²) in [7, 11) is 0. The van der Waals surface area contributed by atoms with Crippen LogP contribution in [-0.4, -0.2) is 12.5 Å². The van der Waals surface area contributed by atoms with E-state index in [4.69, 9.17) is 4.74 Å². The minimum atomic E-state index is -3.57. The third-order valence-corrected chi connectivity index (χ3v) is 7.16. The number of carbonyl (C=O) groups excluding carboxylic acids is 1. The molecular weight excluding hydrogens is 463 g/mol. The molecule has 0 radical (unpaired) electrons. The van der Waals surface area contributed by atoms with E-state index < -0.39 is 11.9 Å². The molecule has 1 aliphatic carbocycles. The van der Waals surface area contributed by atoms with Crippen LogP contribution in [0.25, 0.3) is 0 Å². The molecule has 2 aromatic rings. The van der Waals surface area contributed by atoms with Gasteiger partial charge in [-0.2, -0.15) is 8.78 Å². The first-order valence-corrected chi connectivity index (χ1v) is 13.2. The molecule has 36 heavy (non-hydrogen) atoms. The number of hydrogen-bond acceptors (Lipinski definition) is 2. The van der Waals surface area contributed by atoms with E-state index in [2.05, 4.69) is 18.8 Å². The molecule has 0 aliphatic heterocycles. The lowest BCUT2D eigenvalue weighted by molar-refractivity contribution is -0.185. The number of ether oxygens (including phenoxy) is 1. The number of halogens is 3. The fraction of sp³-hybridized carbons (Fsp3) is 0.500.